The van der Waals surface area contributed by atoms with E-state index in [9.17, 15) is 24.6 Å². The Labute approximate surface area is 468 Å². The quantitative estimate of drug-likeness (QED) is 0.113. The van der Waals surface area contributed by atoms with E-state index >= 15 is 17.6 Å². The van der Waals surface area contributed by atoms with Crippen LogP contribution in [0.25, 0.3) is 56.0 Å². The van der Waals surface area contributed by atoms with Crippen LogP contribution in [0, 0.1) is 37.1 Å². The fourth-order valence-corrected chi connectivity index (χ4v) is 12.0. The summed E-state index contributed by atoms with van der Waals surface area (Å²) in [7, 11) is 0. The third-order valence-corrected chi connectivity index (χ3v) is 15.7. The Balaban J connectivity index is 0.000000173. The number of phenolic OH excluding ortho intramolecular Hbond substituents is 2. The van der Waals surface area contributed by atoms with Gasteiger partial charge in [0.25, 0.3) is 0 Å². The van der Waals surface area contributed by atoms with Crippen molar-refractivity contribution in [3.05, 3.63) is 140 Å². The lowest BCUT2D eigenvalue weighted by Crippen LogP contribution is -2.61. The van der Waals surface area contributed by atoms with Gasteiger partial charge >= 0.3 is 11.4 Å². The molecule has 2 saturated heterocycles. The molecule has 4 aliphatic rings. The van der Waals surface area contributed by atoms with Gasteiger partial charge in [0.05, 0.1) is 46.0 Å². The van der Waals surface area contributed by atoms with Crippen molar-refractivity contribution in [2.24, 2.45) is 0 Å². The summed E-state index contributed by atoms with van der Waals surface area (Å²) in [5.41, 5.74) is 0.447. The maximum Gasteiger partial charge on any atom is 0.355 e. The lowest BCUT2D eigenvalue weighted by Gasteiger charge is -2.45. The van der Waals surface area contributed by atoms with Gasteiger partial charge in [-0.1, -0.05) is 46.4 Å². The molecule has 0 bridgehead atoms. The number of halogens is 4. The zero-order valence-corrected chi connectivity index (χ0v) is 46.3. The normalized spacial score (nSPS) is 18.3. The molecule has 0 radical (unpaired) electrons. The van der Waals surface area contributed by atoms with E-state index in [1.807, 2.05) is 65.2 Å². The highest BCUT2D eigenvalue weighted by atomic mass is 19.1. The third-order valence-electron chi connectivity index (χ3n) is 15.7. The highest BCUT2D eigenvalue weighted by Crippen LogP contribution is 2.47. The number of hydrogen-bond donors (Lipinski definition) is 2. The van der Waals surface area contributed by atoms with E-state index in [-0.39, 0.29) is 95.0 Å². The molecule has 0 saturated carbocycles. The minimum absolute atomic E-state index is 0.0282. The molecule has 0 aliphatic carbocycles. The number of carbonyl (C=O) groups excluding carboxylic acids is 1. The molecular formula is C60H59F4N11O7. The number of nitrogens with zero attached hydrogens (tertiary/aromatic N) is 11. The molecule has 10 heterocycles. The number of anilines is 2. The van der Waals surface area contributed by atoms with Gasteiger partial charge in [-0.3, -0.25) is 14.8 Å². The number of benzene rings is 2. The number of amides is 1. The molecule has 0 unspecified atom stereocenters. The molecule has 2 aromatic carbocycles. The monoisotopic (exact) mass is 1120 g/mol. The summed E-state index contributed by atoms with van der Waals surface area (Å²) in [4.78, 5) is 73.2. The number of aromatic hydroxyl groups is 2. The van der Waals surface area contributed by atoms with Gasteiger partial charge < -0.3 is 34.4 Å². The number of piperidine rings is 1. The van der Waals surface area contributed by atoms with E-state index in [0.717, 1.165) is 37.0 Å². The lowest BCUT2D eigenvalue weighted by molar-refractivity contribution is -0.127. The van der Waals surface area contributed by atoms with Gasteiger partial charge in [0.1, 0.15) is 70.1 Å². The van der Waals surface area contributed by atoms with Gasteiger partial charge in [0.2, 0.25) is 5.91 Å². The first-order valence-corrected chi connectivity index (χ1v) is 27.2. The second-order valence-electron chi connectivity index (χ2n) is 21.8. The summed E-state index contributed by atoms with van der Waals surface area (Å²) in [6.07, 6.45) is 7.17. The number of rotatable bonds is 7. The number of phenols is 2. The number of aryl methyl sites for hydroxylation is 2. The molecule has 8 aromatic rings. The number of fused-ring (bicyclic) bond motifs is 4. The van der Waals surface area contributed by atoms with Crippen LogP contribution < -0.4 is 30.7 Å². The molecule has 0 spiro atoms. The standard InChI is InChI=1S/C31H30F2N6O4.C29H29F2N5O3/c1-6-21(41)37-12-17(5)38-18(13-37)14-43-28-23-29(35-26(24(28)33)22-19(32)8-7-9-20(22)40)39(31(42)36-30(23)38)27-16(4)10-11-34-25(27)15(2)3;1-14(2)23-25(15(3)11-12-32-23)36-27-21-26(22(31)24(33-27)20-18(30)9-6-10-19(20)37)39-13-17-8-5-7-16(4)35(17)28(21)34-29(36)38/h6-11,15,17-18,40H,1,12-14H2,2-5H3;6,9-12,14,16-17,37H,5,7-8,13H2,1-4H3/t17-,18+;16-,17+/m00/s1. The molecule has 22 heteroatoms. The van der Waals surface area contributed by atoms with Crippen LogP contribution >= 0.6 is 0 Å². The van der Waals surface area contributed by atoms with Crippen LogP contribution in [0.2, 0.25) is 0 Å². The summed E-state index contributed by atoms with van der Waals surface area (Å²) in [6, 6.07) is 9.90. The van der Waals surface area contributed by atoms with Gasteiger partial charge in [-0.15, -0.1) is 0 Å². The first kappa shape index (κ1) is 55.0. The molecule has 424 valence electrons. The number of piperazine rings is 1. The van der Waals surface area contributed by atoms with E-state index in [1.54, 1.807) is 29.4 Å². The van der Waals surface area contributed by atoms with E-state index in [0.29, 0.717) is 40.7 Å². The summed E-state index contributed by atoms with van der Waals surface area (Å²) >= 11 is 0. The molecular weight excluding hydrogens is 1060 g/mol. The summed E-state index contributed by atoms with van der Waals surface area (Å²) < 4.78 is 77.9. The van der Waals surface area contributed by atoms with Crippen molar-refractivity contribution in [1.29, 1.82) is 0 Å². The van der Waals surface area contributed by atoms with Crippen LogP contribution in [0.15, 0.2) is 83.2 Å². The average molecular weight is 1120 g/mol. The van der Waals surface area contributed by atoms with Crippen molar-refractivity contribution in [3.63, 3.8) is 0 Å². The Morgan fingerprint density at radius 3 is 1.57 bits per heavy atom. The zero-order chi connectivity index (χ0) is 58.3. The Morgan fingerprint density at radius 2 is 1.12 bits per heavy atom. The second-order valence-corrected chi connectivity index (χ2v) is 21.8. The molecule has 82 heavy (non-hydrogen) atoms. The number of ether oxygens (including phenoxy) is 2. The van der Waals surface area contributed by atoms with Crippen LogP contribution in [-0.2, 0) is 4.79 Å². The van der Waals surface area contributed by atoms with Crippen LogP contribution in [0.4, 0.5) is 29.2 Å². The van der Waals surface area contributed by atoms with Crippen molar-refractivity contribution in [2.45, 2.75) is 111 Å². The predicted octanol–water partition coefficient (Wildman–Crippen LogP) is 9.64. The number of pyridine rings is 4. The van der Waals surface area contributed by atoms with Gasteiger partial charge in [0.15, 0.2) is 34.4 Å². The SMILES string of the molecule is C=CC(=O)N1C[C@@H]2COc3c(F)c(-c4c(O)cccc4F)nc4c3c(nc(=O)n4-c3c(C)ccnc3C(C)C)N2[C@@H](C)C1.Cc1ccnc(C(C)C)c1-n1c(=O)nc2c3c(c(F)c(-c4c(O)cccc4F)nc31)OC[C@H]1CCC[C@H](C)N21. The molecule has 4 atom stereocenters. The smallest absolute Gasteiger partial charge is 0.355 e. The molecule has 18 nitrogen and oxygen atoms in total. The first-order valence-electron chi connectivity index (χ1n) is 27.2. The topological polar surface area (TPSA) is 207 Å². The largest absolute Gasteiger partial charge is 0.507 e. The highest BCUT2D eigenvalue weighted by Gasteiger charge is 2.42. The number of carbonyl (C=O) groups is 1. The summed E-state index contributed by atoms with van der Waals surface area (Å²) in [6.45, 7) is 19.5. The number of aromatic nitrogens is 8. The van der Waals surface area contributed by atoms with E-state index < -0.39 is 74.7 Å². The first-order chi connectivity index (χ1) is 39.2. The minimum Gasteiger partial charge on any atom is -0.507 e. The second kappa shape index (κ2) is 21.2. The van der Waals surface area contributed by atoms with Crippen molar-refractivity contribution in [1.82, 2.24) is 43.9 Å². The predicted molar refractivity (Wildman–Crippen MR) is 301 cm³/mol. The van der Waals surface area contributed by atoms with Gasteiger partial charge in [-0.2, -0.15) is 9.97 Å². The van der Waals surface area contributed by atoms with Gasteiger partial charge in [0, 0.05) is 37.6 Å². The fraction of sp³-hybridized carbons (Fsp3) is 0.350. The van der Waals surface area contributed by atoms with Gasteiger partial charge in [-0.05, 0) is 112 Å². The number of hydrogen-bond acceptors (Lipinski definition) is 15. The molecule has 4 aliphatic heterocycles. The maximum absolute atomic E-state index is 16.5. The van der Waals surface area contributed by atoms with Crippen molar-refractivity contribution in [2.75, 3.05) is 36.1 Å². The Bertz CT molecular complexity index is 4040. The zero-order valence-electron chi connectivity index (χ0n) is 46.3. The van der Waals surface area contributed by atoms with Gasteiger partial charge in [-0.25, -0.2) is 46.3 Å². The summed E-state index contributed by atoms with van der Waals surface area (Å²) in [5.74, 6) is -5.12. The Hall–Kier alpha value is -8.95. The molecule has 12 rings (SSSR count). The highest BCUT2D eigenvalue weighted by molar-refractivity contribution is 5.99. The molecule has 2 fully saturated rings. The fourth-order valence-electron chi connectivity index (χ4n) is 12.0. The van der Waals surface area contributed by atoms with Crippen LogP contribution in [0.1, 0.15) is 95.2 Å². The Kier molecular flexibility index (Phi) is 14.2. The minimum atomic E-state index is -1.01. The van der Waals surface area contributed by atoms with Crippen molar-refractivity contribution in [3.8, 4) is 56.9 Å². The lowest BCUT2D eigenvalue weighted by atomic mass is 9.96. The van der Waals surface area contributed by atoms with E-state index in [4.69, 9.17) is 9.47 Å². The van der Waals surface area contributed by atoms with Crippen molar-refractivity contribution >= 4 is 39.6 Å². The van der Waals surface area contributed by atoms with Crippen LogP contribution in [0.5, 0.6) is 23.0 Å². The van der Waals surface area contributed by atoms with Crippen molar-refractivity contribution < 1.29 is 42.0 Å². The van der Waals surface area contributed by atoms with Crippen LogP contribution in [0.3, 0.4) is 0 Å². The maximum atomic E-state index is 16.5. The van der Waals surface area contributed by atoms with E-state index in [1.165, 1.54) is 39.5 Å². The van der Waals surface area contributed by atoms with Crippen LogP contribution in [-0.4, -0.2) is 111 Å². The molecule has 2 N–H and O–H groups in total. The average Bonchev–Trinajstić information content (AvgIpc) is 2.12. The third kappa shape index (κ3) is 8.98. The molecule has 1 amide bonds. The van der Waals surface area contributed by atoms with E-state index in [2.05, 4.69) is 36.5 Å². The molecule has 6 aromatic heterocycles. The summed E-state index contributed by atoms with van der Waals surface area (Å²) in [5, 5.41) is 21.5. The Morgan fingerprint density at radius 1 is 0.659 bits per heavy atom.